The van der Waals surface area contributed by atoms with Gasteiger partial charge in [-0.25, -0.2) is 0 Å². The molecule has 4 nitrogen and oxygen atoms in total. The lowest BCUT2D eigenvalue weighted by atomic mass is 10.1. The largest absolute Gasteiger partial charge is 0.352 e. The van der Waals surface area contributed by atoms with Crippen molar-refractivity contribution in [2.45, 2.75) is 13.0 Å². The van der Waals surface area contributed by atoms with Gasteiger partial charge in [0.1, 0.15) is 0 Å². The molecule has 15 heavy (non-hydrogen) atoms. The monoisotopic (exact) mass is 205 g/mol. The van der Waals surface area contributed by atoms with Crippen molar-refractivity contribution in [1.82, 2.24) is 15.6 Å². The van der Waals surface area contributed by atoms with Crippen LogP contribution in [0.2, 0.25) is 0 Å². The first-order valence-electron chi connectivity index (χ1n) is 5.23. The molecule has 2 N–H and O–H groups in total. The summed E-state index contributed by atoms with van der Waals surface area (Å²) < 4.78 is 0. The van der Waals surface area contributed by atoms with Crippen molar-refractivity contribution in [3.63, 3.8) is 0 Å². The number of nitrogens with zero attached hydrogens (tertiary/aromatic N) is 1. The second-order valence-corrected chi connectivity index (χ2v) is 3.76. The number of hydrogen-bond donors (Lipinski definition) is 2. The molecular weight excluding hydrogens is 190 g/mol. The Labute approximate surface area is 89.1 Å². The Morgan fingerprint density at radius 2 is 2.33 bits per heavy atom. The highest BCUT2D eigenvalue weighted by Gasteiger charge is 2.21. The summed E-state index contributed by atoms with van der Waals surface area (Å²) in [7, 11) is 0. The van der Waals surface area contributed by atoms with Crippen LogP contribution in [-0.4, -0.2) is 24.0 Å². The lowest BCUT2D eigenvalue weighted by Crippen LogP contribution is -2.31. The fraction of sp³-hybridized carbons (Fsp3) is 0.455. The van der Waals surface area contributed by atoms with Crippen molar-refractivity contribution in [2.24, 2.45) is 5.92 Å². The second-order valence-electron chi connectivity index (χ2n) is 3.76. The van der Waals surface area contributed by atoms with E-state index < -0.39 is 0 Å². The van der Waals surface area contributed by atoms with Gasteiger partial charge in [0.25, 0.3) is 0 Å². The van der Waals surface area contributed by atoms with E-state index in [0.717, 1.165) is 25.1 Å². The maximum Gasteiger partial charge on any atom is 0.224 e. The molecule has 0 bridgehead atoms. The van der Waals surface area contributed by atoms with E-state index in [0.29, 0.717) is 6.54 Å². The van der Waals surface area contributed by atoms with Gasteiger partial charge in [0.05, 0.1) is 5.92 Å². The SMILES string of the molecule is O=C(NCc1ccncc1)[C@@H]1CCNC1. The third-order valence-corrected chi connectivity index (χ3v) is 2.65. The molecule has 1 fully saturated rings. The number of nitrogens with one attached hydrogen (secondary N) is 2. The van der Waals surface area contributed by atoms with Crippen LogP contribution >= 0.6 is 0 Å². The quantitative estimate of drug-likeness (QED) is 0.746. The van der Waals surface area contributed by atoms with Gasteiger partial charge in [-0.3, -0.25) is 9.78 Å². The zero-order valence-electron chi connectivity index (χ0n) is 8.57. The molecule has 0 aliphatic carbocycles. The Balaban J connectivity index is 1.80. The number of hydrogen-bond acceptors (Lipinski definition) is 3. The van der Waals surface area contributed by atoms with Crippen molar-refractivity contribution in [3.05, 3.63) is 30.1 Å². The van der Waals surface area contributed by atoms with E-state index in [1.165, 1.54) is 0 Å². The number of amides is 1. The van der Waals surface area contributed by atoms with Crippen LogP contribution in [0.1, 0.15) is 12.0 Å². The van der Waals surface area contributed by atoms with E-state index in [9.17, 15) is 4.79 Å². The Hall–Kier alpha value is -1.42. The van der Waals surface area contributed by atoms with Crippen LogP contribution in [0.25, 0.3) is 0 Å². The van der Waals surface area contributed by atoms with Gasteiger partial charge >= 0.3 is 0 Å². The molecule has 1 aliphatic rings. The molecule has 2 rings (SSSR count). The van der Waals surface area contributed by atoms with E-state index in [1.54, 1.807) is 12.4 Å². The zero-order chi connectivity index (χ0) is 10.5. The minimum atomic E-state index is 0.145. The molecular formula is C11H15N3O. The molecule has 4 heteroatoms. The molecule has 1 aromatic heterocycles. The van der Waals surface area contributed by atoms with Crippen molar-refractivity contribution in [3.8, 4) is 0 Å². The van der Waals surface area contributed by atoms with Gasteiger partial charge < -0.3 is 10.6 Å². The number of aromatic nitrogens is 1. The van der Waals surface area contributed by atoms with Gasteiger partial charge in [-0.1, -0.05) is 0 Å². The normalized spacial score (nSPS) is 20.1. The highest BCUT2D eigenvalue weighted by atomic mass is 16.1. The third-order valence-electron chi connectivity index (χ3n) is 2.65. The minimum Gasteiger partial charge on any atom is -0.352 e. The van der Waals surface area contributed by atoms with Gasteiger partial charge in [0.2, 0.25) is 5.91 Å². The standard InChI is InChI=1S/C11H15N3O/c15-11(10-3-6-13-8-10)14-7-9-1-4-12-5-2-9/h1-2,4-5,10,13H,3,6-8H2,(H,14,15)/t10-/m1/s1. The van der Waals surface area contributed by atoms with Gasteiger partial charge in [-0.05, 0) is 30.7 Å². The van der Waals surface area contributed by atoms with Crippen LogP contribution in [0.5, 0.6) is 0 Å². The number of carbonyl (C=O) groups is 1. The highest BCUT2D eigenvalue weighted by molar-refractivity contribution is 5.79. The Morgan fingerprint density at radius 3 is 3.00 bits per heavy atom. The third kappa shape index (κ3) is 2.76. The molecule has 80 valence electrons. The lowest BCUT2D eigenvalue weighted by Gasteiger charge is -2.09. The van der Waals surface area contributed by atoms with Crippen LogP contribution < -0.4 is 10.6 Å². The number of rotatable bonds is 3. The van der Waals surface area contributed by atoms with Gasteiger partial charge in [0.15, 0.2) is 0 Å². The minimum absolute atomic E-state index is 0.145. The van der Waals surface area contributed by atoms with Crippen LogP contribution in [0.3, 0.4) is 0 Å². The zero-order valence-corrected chi connectivity index (χ0v) is 8.57. The van der Waals surface area contributed by atoms with E-state index in [1.807, 2.05) is 12.1 Å². The van der Waals surface area contributed by atoms with Crippen molar-refractivity contribution in [1.29, 1.82) is 0 Å². The van der Waals surface area contributed by atoms with Crippen molar-refractivity contribution < 1.29 is 4.79 Å². The Kier molecular flexibility index (Phi) is 3.29. The molecule has 1 atom stereocenters. The molecule has 1 saturated heterocycles. The van der Waals surface area contributed by atoms with Crippen LogP contribution in [0.15, 0.2) is 24.5 Å². The molecule has 2 heterocycles. The molecule has 1 amide bonds. The molecule has 1 aromatic rings. The fourth-order valence-electron chi connectivity index (χ4n) is 1.71. The predicted octanol–water partition coefficient (Wildman–Crippen LogP) is 0.307. The predicted molar refractivity (Wildman–Crippen MR) is 57.1 cm³/mol. The second kappa shape index (κ2) is 4.89. The topological polar surface area (TPSA) is 54.0 Å². The summed E-state index contributed by atoms with van der Waals surface area (Å²) in [4.78, 5) is 15.6. The maximum atomic E-state index is 11.7. The summed E-state index contributed by atoms with van der Waals surface area (Å²) in [6, 6.07) is 3.82. The van der Waals surface area contributed by atoms with Crippen LogP contribution in [0.4, 0.5) is 0 Å². The fourth-order valence-corrected chi connectivity index (χ4v) is 1.71. The lowest BCUT2D eigenvalue weighted by molar-refractivity contribution is -0.124. The van der Waals surface area contributed by atoms with E-state index >= 15 is 0 Å². The molecule has 0 unspecified atom stereocenters. The summed E-state index contributed by atoms with van der Waals surface area (Å²) in [6.45, 7) is 2.35. The van der Waals surface area contributed by atoms with E-state index in [-0.39, 0.29) is 11.8 Å². The molecule has 1 aliphatic heterocycles. The maximum absolute atomic E-state index is 11.7. The van der Waals surface area contributed by atoms with Crippen LogP contribution in [0, 0.1) is 5.92 Å². The van der Waals surface area contributed by atoms with Gasteiger partial charge in [0, 0.05) is 25.5 Å². The summed E-state index contributed by atoms with van der Waals surface area (Å²) in [5.41, 5.74) is 1.09. The first-order valence-corrected chi connectivity index (χ1v) is 5.23. The summed E-state index contributed by atoms with van der Waals surface area (Å²) >= 11 is 0. The molecule has 0 radical (unpaired) electrons. The van der Waals surface area contributed by atoms with Crippen molar-refractivity contribution in [2.75, 3.05) is 13.1 Å². The summed E-state index contributed by atoms with van der Waals surface area (Å²) in [5.74, 6) is 0.295. The number of pyridine rings is 1. The highest BCUT2D eigenvalue weighted by Crippen LogP contribution is 2.07. The Morgan fingerprint density at radius 1 is 1.53 bits per heavy atom. The molecule has 0 spiro atoms. The molecule has 0 saturated carbocycles. The number of carbonyl (C=O) groups excluding carboxylic acids is 1. The first kappa shape index (κ1) is 10.1. The molecule has 0 aromatic carbocycles. The van der Waals surface area contributed by atoms with Crippen molar-refractivity contribution >= 4 is 5.91 Å². The smallest absolute Gasteiger partial charge is 0.224 e. The first-order chi connectivity index (χ1) is 7.36. The van der Waals surface area contributed by atoms with Crippen LogP contribution in [-0.2, 0) is 11.3 Å². The van der Waals surface area contributed by atoms with E-state index in [4.69, 9.17) is 0 Å². The summed E-state index contributed by atoms with van der Waals surface area (Å²) in [5, 5.41) is 6.11. The van der Waals surface area contributed by atoms with E-state index in [2.05, 4.69) is 15.6 Å². The average molecular weight is 205 g/mol. The average Bonchev–Trinajstić information content (AvgIpc) is 2.81. The van der Waals surface area contributed by atoms with Gasteiger partial charge in [-0.2, -0.15) is 0 Å². The summed E-state index contributed by atoms with van der Waals surface area (Å²) in [6.07, 6.45) is 4.42. The van der Waals surface area contributed by atoms with Gasteiger partial charge in [-0.15, -0.1) is 0 Å². The Bertz CT molecular complexity index is 320.